The van der Waals surface area contributed by atoms with Gasteiger partial charge in [0, 0.05) is 14.1 Å². The summed E-state index contributed by atoms with van der Waals surface area (Å²) >= 11 is 4.06. The van der Waals surface area contributed by atoms with Crippen molar-refractivity contribution in [3.05, 3.63) is 0 Å². The van der Waals surface area contributed by atoms with E-state index in [1.165, 1.54) is 18.6 Å². The Labute approximate surface area is 70.2 Å². The van der Waals surface area contributed by atoms with Crippen LogP contribution in [0.3, 0.4) is 0 Å². The summed E-state index contributed by atoms with van der Waals surface area (Å²) in [6.07, 6.45) is 0. The number of hydrogen-bond donors (Lipinski definition) is 3. The molecule has 3 N–H and O–H groups in total. The zero-order chi connectivity index (χ0) is 9.28. The van der Waals surface area contributed by atoms with Crippen molar-refractivity contribution in [1.82, 2.24) is 8.80 Å². The van der Waals surface area contributed by atoms with Crippen molar-refractivity contribution >= 4 is 28.7 Å². The lowest BCUT2D eigenvalue weighted by molar-refractivity contribution is 0.463. The Bertz CT molecular complexity index is 266. The van der Waals surface area contributed by atoms with E-state index in [-0.39, 0.29) is 0 Å². The molecular weight excluding hydrogens is 211 g/mol. The first-order chi connectivity index (χ1) is 4.65. The van der Waals surface area contributed by atoms with Crippen LogP contribution < -0.4 is 4.49 Å². The second-order valence-electron chi connectivity index (χ2n) is 1.92. The van der Waals surface area contributed by atoms with Crippen LogP contribution in [0.25, 0.3) is 0 Å². The number of nitrogens with zero attached hydrogens (tertiary/aromatic N) is 1. The Morgan fingerprint density at radius 1 is 1.45 bits per heavy atom. The summed E-state index contributed by atoms with van der Waals surface area (Å²) in [5.41, 5.74) is 0. The van der Waals surface area contributed by atoms with Crippen molar-refractivity contribution in [2.75, 3.05) is 14.1 Å². The van der Waals surface area contributed by atoms with Crippen molar-refractivity contribution in [3.8, 4) is 0 Å². The van der Waals surface area contributed by atoms with E-state index in [2.05, 4.69) is 11.8 Å². The van der Waals surface area contributed by atoms with Gasteiger partial charge >= 0.3 is 0 Å². The average Bonchev–Trinajstić information content (AvgIpc) is 1.56. The molecule has 9 heteroatoms. The molecule has 0 fully saturated rings. The highest BCUT2D eigenvalue weighted by Gasteiger charge is 2.20. The normalized spacial score (nSPS) is 13.9. The third-order valence-corrected chi connectivity index (χ3v) is 4.22. The van der Waals surface area contributed by atoms with Gasteiger partial charge in [-0.15, -0.1) is 4.49 Å². The molecule has 11 heavy (non-hydrogen) atoms. The highest BCUT2D eigenvalue weighted by atomic mass is 32.5. The molecule has 0 aliphatic rings. The fourth-order valence-electron chi connectivity index (χ4n) is 0.232. The van der Waals surface area contributed by atoms with E-state index in [0.29, 0.717) is 0 Å². The van der Waals surface area contributed by atoms with Crippen LogP contribution in [0.15, 0.2) is 0 Å². The van der Waals surface area contributed by atoms with E-state index >= 15 is 0 Å². The SMILES string of the molecule is CN(C)S(=O)(=O)NP(O)(O)=S. The molecule has 0 bridgehead atoms. The molecule has 0 saturated heterocycles. The van der Waals surface area contributed by atoms with Gasteiger partial charge in [0.15, 0.2) is 0 Å². The standard InChI is InChI=1S/C2H9N2O4PS2/c1-4(2)11(7,8)3-9(5,6)10/h1-2H3,(H3,3,5,6,10). The Kier molecular flexibility index (Phi) is 3.58. The lowest BCUT2D eigenvalue weighted by Crippen LogP contribution is -2.33. The molecule has 0 unspecified atom stereocenters. The first-order valence-corrected chi connectivity index (χ1v) is 6.57. The lowest BCUT2D eigenvalue weighted by Gasteiger charge is -2.14. The van der Waals surface area contributed by atoms with Gasteiger partial charge < -0.3 is 9.79 Å². The Hall–Kier alpha value is 0.440. The molecule has 0 aliphatic carbocycles. The van der Waals surface area contributed by atoms with Gasteiger partial charge in [-0.1, -0.05) is 0 Å². The van der Waals surface area contributed by atoms with Gasteiger partial charge in [-0.25, -0.2) is 0 Å². The molecule has 0 aromatic heterocycles. The number of nitrogens with one attached hydrogen (secondary N) is 1. The third-order valence-electron chi connectivity index (χ3n) is 0.715. The molecule has 68 valence electrons. The highest BCUT2D eigenvalue weighted by molar-refractivity contribution is 8.12. The molecule has 0 spiro atoms. The van der Waals surface area contributed by atoms with E-state index in [1.807, 2.05) is 0 Å². The van der Waals surface area contributed by atoms with Crippen LogP contribution in [0.1, 0.15) is 0 Å². The smallest absolute Gasteiger partial charge is 0.286 e. The predicted molar refractivity (Wildman–Crippen MR) is 44.5 cm³/mol. The quantitative estimate of drug-likeness (QED) is 0.508. The molecule has 0 saturated carbocycles. The maximum atomic E-state index is 10.8. The largest absolute Gasteiger partial charge is 0.333 e. The Balaban J connectivity index is 4.54. The summed E-state index contributed by atoms with van der Waals surface area (Å²) in [6, 6.07) is 0. The second kappa shape index (κ2) is 3.44. The molecule has 0 atom stereocenters. The molecular formula is C2H9N2O4PS2. The van der Waals surface area contributed by atoms with Gasteiger partial charge in [0.2, 0.25) is 0 Å². The zero-order valence-corrected chi connectivity index (χ0v) is 8.45. The summed E-state index contributed by atoms with van der Waals surface area (Å²) < 4.78 is 23.9. The summed E-state index contributed by atoms with van der Waals surface area (Å²) in [4.78, 5) is 17.1. The topological polar surface area (TPSA) is 89.9 Å². The fraction of sp³-hybridized carbons (Fsp3) is 1.00. The van der Waals surface area contributed by atoms with Gasteiger partial charge in [-0.05, 0) is 11.8 Å². The molecule has 0 heterocycles. The molecule has 0 aliphatic heterocycles. The summed E-state index contributed by atoms with van der Waals surface area (Å²) in [5.74, 6) is 0. The second-order valence-corrected chi connectivity index (χ2v) is 6.95. The van der Waals surface area contributed by atoms with Gasteiger partial charge in [0.25, 0.3) is 16.9 Å². The lowest BCUT2D eigenvalue weighted by atomic mass is 11.3. The monoisotopic (exact) mass is 220 g/mol. The Morgan fingerprint density at radius 3 is 1.91 bits per heavy atom. The van der Waals surface area contributed by atoms with Crippen LogP contribution in [-0.4, -0.2) is 36.6 Å². The summed E-state index contributed by atoms with van der Waals surface area (Å²) in [5, 5.41) is 0. The maximum Gasteiger partial charge on any atom is 0.286 e. The zero-order valence-electron chi connectivity index (χ0n) is 5.92. The predicted octanol–water partition coefficient (Wildman–Crippen LogP) is -1.41. The van der Waals surface area contributed by atoms with Crippen molar-refractivity contribution in [1.29, 1.82) is 0 Å². The van der Waals surface area contributed by atoms with Crippen LogP contribution in [0.5, 0.6) is 0 Å². The minimum Gasteiger partial charge on any atom is -0.333 e. The van der Waals surface area contributed by atoms with E-state index < -0.39 is 16.9 Å². The van der Waals surface area contributed by atoms with Gasteiger partial charge in [0.1, 0.15) is 0 Å². The average molecular weight is 220 g/mol. The summed E-state index contributed by atoms with van der Waals surface area (Å²) in [7, 11) is -1.34. The van der Waals surface area contributed by atoms with Crippen molar-refractivity contribution in [2.45, 2.75) is 0 Å². The number of hydrogen-bond acceptors (Lipinski definition) is 3. The highest BCUT2D eigenvalue weighted by Crippen LogP contribution is 2.30. The third kappa shape index (κ3) is 4.81. The van der Waals surface area contributed by atoms with E-state index in [0.717, 1.165) is 4.31 Å². The van der Waals surface area contributed by atoms with Crippen LogP contribution in [0, 0.1) is 0 Å². The van der Waals surface area contributed by atoms with Crippen LogP contribution >= 0.6 is 6.64 Å². The van der Waals surface area contributed by atoms with Crippen LogP contribution in [-0.2, 0) is 22.0 Å². The minimum absolute atomic E-state index is 0.792. The summed E-state index contributed by atoms with van der Waals surface area (Å²) in [6.45, 7) is -3.89. The van der Waals surface area contributed by atoms with Crippen LogP contribution in [0.4, 0.5) is 0 Å². The van der Waals surface area contributed by atoms with Crippen molar-refractivity contribution < 1.29 is 18.2 Å². The van der Waals surface area contributed by atoms with Gasteiger partial charge in [0.05, 0.1) is 0 Å². The maximum absolute atomic E-state index is 10.8. The minimum atomic E-state index is -3.89. The van der Waals surface area contributed by atoms with Crippen LogP contribution in [0.2, 0.25) is 0 Å². The fourth-order valence-corrected chi connectivity index (χ4v) is 2.94. The van der Waals surface area contributed by atoms with E-state index in [4.69, 9.17) is 9.79 Å². The molecule has 6 nitrogen and oxygen atoms in total. The number of rotatable bonds is 3. The van der Waals surface area contributed by atoms with Crippen molar-refractivity contribution in [2.24, 2.45) is 0 Å². The Morgan fingerprint density at radius 2 is 1.82 bits per heavy atom. The molecule has 0 radical (unpaired) electrons. The van der Waals surface area contributed by atoms with E-state index in [1.54, 1.807) is 0 Å². The van der Waals surface area contributed by atoms with Crippen molar-refractivity contribution in [3.63, 3.8) is 0 Å². The molecule has 0 aromatic rings. The molecule has 0 aromatic carbocycles. The molecule has 0 amide bonds. The van der Waals surface area contributed by atoms with E-state index in [9.17, 15) is 8.42 Å². The first-order valence-electron chi connectivity index (χ1n) is 2.42. The molecule has 0 rings (SSSR count). The van der Waals surface area contributed by atoms with Gasteiger partial charge in [-0.2, -0.15) is 12.7 Å². The van der Waals surface area contributed by atoms with Gasteiger partial charge in [-0.3, -0.25) is 0 Å². The first kappa shape index (κ1) is 11.4.